The first-order valence-corrected chi connectivity index (χ1v) is 4.38. The standard InChI is InChI=1S/C8H8O6/c9-3-4-1(7(10)11)2-5(13-4)6(3)14-8(2)12/h1-6,9H,(H,10,11)/t1-,2-,3-,4-,5+,6+/m1/s1. The number of rotatable bonds is 1. The molecule has 0 saturated carbocycles. The minimum Gasteiger partial charge on any atom is -0.481 e. The molecule has 0 amide bonds. The normalized spacial score (nSPS) is 53.6. The van der Waals surface area contributed by atoms with Crippen molar-refractivity contribution in [3.63, 3.8) is 0 Å². The minimum atomic E-state index is -1.11. The largest absolute Gasteiger partial charge is 0.481 e. The van der Waals surface area contributed by atoms with Crippen LogP contribution in [-0.2, 0) is 19.1 Å². The average molecular weight is 200 g/mol. The molecule has 0 radical (unpaired) electrons. The van der Waals surface area contributed by atoms with Crippen molar-refractivity contribution in [3.8, 4) is 0 Å². The second-order valence-corrected chi connectivity index (χ2v) is 3.85. The molecule has 3 fully saturated rings. The van der Waals surface area contributed by atoms with Gasteiger partial charge >= 0.3 is 11.9 Å². The third-order valence-electron chi connectivity index (χ3n) is 3.22. The zero-order valence-corrected chi connectivity index (χ0v) is 6.99. The maximum atomic E-state index is 11.3. The lowest BCUT2D eigenvalue weighted by atomic mass is 9.79. The van der Waals surface area contributed by atoms with Crippen molar-refractivity contribution in [2.45, 2.75) is 24.4 Å². The van der Waals surface area contributed by atoms with Gasteiger partial charge in [-0.25, -0.2) is 0 Å². The maximum absolute atomic E-state index is 11.3. The first-order valence-electron chi connectivity index (χ1n) is 4.38. The molecule has 2 bridgehead atoms. The Hall–Kier alpha value is -1.14. The van der Waals surface area contributed by atoms with E-state index < -0.39 is 48.2 Å². The molecule has 0 spiro atoms. The van der Waals surface area contributed by atoms with Crippen LogP contribution in [0.5, 0.6) is 0 Å². The van der Waals surface area contributed by atoms with Crippen molar-refractivity contribution in [1.29, 1.82) is 0 Å². The molecular formula is C8H8O6. The summed E-state index contributed by atoms with van der Waals surface area (Å²) in [5.41, 5.74) is 0. The quantitative estimate of drug-likeness (QED) is 0.494. The van der Waals surface area contributed by atoms with E-state index in [1.54, 1.807) is 0 Å². The number of esters is 1. The van der Waals surface area contributed by atoms with Crippen LogP contribution >= 0.6 is 0 Å². The van der Waals surface area contributed by atoms with E-state index in [9.17, 15) is 14.7 Å². The Labute approximate surface area is 78.4 Å². The number of hydrogen-bond donors (Lipinski definition) is 2. The Bertz CT molecular complexity index is 326. The third-order valence-corrected chi connectivity index (χ3v) is 3.22. The zero-order chi connectivity index (χ0) is 10.0. The van der Waals surface area contributed by atoms with Crippen molar-refractivity contribution in [2.24, 2.45) is 11.8 Å². The highest BCUT2D eigenvalue weighted by molar-refractivity contribution is 5.85. The molecule has 2 N–H and O–H groups in total. The molecule has 3 rings (SSSR count). The summed E-state index contributed by atoms with van der Waals surface area (Å²) in [4.78, 5) is 22.1. The molecule has 6 heteroatoms. The number of hydrogen-bond acceptors (Lipinski definition) is 5. The van der Waals surface area contributed by atoms with Crippen LogP contribution < -0.4 is 0 Å². The summed E-state index contributed by atoms with van der Waals surface area (Å²) in [6.07, 6.45) is -3.01. The van der Waals surface area contributed by atoms with Gasteiger partial charge in [-0.2, -0.15) is 0 Å². The summed E-state index contributed by atoms with van der Waals surface area (Å²) in [6, 6.07) is 0. The van der Waals surface area contributed by atoms with Crippen molar-refractivity contribution in [2.75, 3.05) is 0 Å². The van der Waals surface area contributed by atoms with Crippen LogP contribution in [0.1, 0.15) is 0 Å². The molecule has 14 heavy (non-hydrogen) atoms. The fourth-order valence-electron chi connectivity index (χ4n) is 2.64. The molecule has 0 aromatic heterocycles. The van der Waals surface area contributed by atoms with Gasteiger partial charge in [0.25, 0.3) is 0 Å². The Morgan fingerprint density at radius 3 is 2.64 bits per heavy atom. The molecular weight excluding hydrogens is 192 g/mol. The molecule has 0 aromatic carbocycles. The molecule has 3 aliphatic rings. The van der Waals surface area contributed by atoms with Gasteiger partial charge in [0.1, 0.15) is 30.1 Å². The summed E-state index contributed by atoms with van der Waals surface area (Å²) in [7, 11) is 0. The van der Waals surface area contributed by atoms with Gasteiger partial charge in [-0.05, 0) is 0 Å². The second kappa shape index (κ2) is 2.26. The zero-order valence-electron chi connectivity index (χ0n) is 6.99. The van der Waals surface area contributed by atoms with Crippen molar-refractivity contribution in [1.82, 2.24) is 0 Å². The molecule has 76 valence electrons. The lowest BCUT2D eigenvalue weighted by Gasteiger charge is -2.21. The third kappa shape index (κ3) is 0.699. The lowest BCUT2D eigenvalue weighted by Crippen LogP contribution is -2.45. The van der Waals surface area contributed by atoms with Crippen LogP contribution in [0.3, 0.4) is 0 Å². The Kier molecular flexibility index (Phi) is 1.32. The van der Waals surface area contributed by atoms with Crippen molar-refractivity contribution >= 4 is 11.9 Å². The molecule has 0 aliphatic carbocycles. The molecule has 6 nitrogen and oxygen atoms in total. The number of aliphatic hydroxyl groups excluding tert-OH is 1. The van der Waals surface area contributed by atoms with Crippen molar-refractivity contribution < 1.29 is 29.3 Å². The average Bonchev–Trinajstić information content (AvgIpc) is 2.67. The van der Waals surface area contributed by atoms with Crippen LogP contribution in [0.4, 0.5) is 0 Å². The molecule has 6 atom stereocenters. The van der Waals surface area contributed by atoms with Gasteiger partial charge in [0.15, 0.2) is 6.10 Å². The van der Waals surface area contributed by atoms with E-state index in [1.165, 1.54) is 0 Å². The number of aliphatic hydroxyl groups is 1. The first kappa shape index (κ1) is 8.19. The minimum absolute atomic E-state index is 0.563. The van der Waals surface area contributed by atoms with E-state index in [0.29, 0.717) is 0 Å². The van der Waals surface area contributed by atoms with E-state index in [4.69, 9.17) is 14.6 Å². The Morgan fingerprint density at radius 1 is 1.29 bits per heavy atom. The van der Waals surface area contributed by atoms with E-state index in [2.05, 4.69) is 0 Å². The van der Waals surface area contributed by atoms with Crippen LogP contribution in [0.15, 0.2) is 0 Å². The monoisotopic (exact) mass is 200 g/mol. The smallest absolute Gasteiger partial charge is 0.313 e. The number of carbonyl (C=O) groups is 2. The number of ether oxygens (including phenoxy) is 2. The summed E-state index contributed by atoms with van der Waals surface area (Å²) >= 11 is 0. The van der Waals surface area contributed by atoms with Gasteiger partial charge in [-0.15, -0.1) is 0 Å². The molecule has 0 unspecified atom stereocenters. The summed E-state index contributed by atoms with van der Waals surface area (Å²) in [5.74, 6) is -3.36. The summed E-state index contributed by atoms with van der Waals surface area (Å²) in [5, 5.41) is 18.5. The molecule has 3 saturated heterocycles. The van der Waals surface area contributed by atoms with Gasteiger partial charge in [-0.1, -0.05) is 0 Å². The summed E-state index contributed by atoms with van der Waals surface area (Å²) < 4.78 is 10.1. The van der Waals surface area contributed by atoms with Crippen LogP contribution in [0, 0.1) is 11.8 Å². The summed E-state index contributed by atoms with van der Waals surface area (Å²) in [6.45, 7) is 0. The predicted octanol–water partition coefficient (Wildman–Crippen LogP) is -1.63. The highest BCUT2D eigenvalue weighted by Crippen LogP contribution is 2.49. The van der Waals surface area contributed by atoms with E-state index in [1.807, 2.05) is 0 Å². The number of carboxylic acids is 1. The SMILES string of the molecule is O=C1O[C@H]2[C@H](O)[C@@H]3O[C@H]2[C@H]1[C@H]3C(=O)O. The van der Waals surface area contributed by atoms with Gasteiger partial charge in [0, 0.05) is 0 Å². The first-order chi connectivity index (χ1) is 6.61. The van der Waals surface area contributed by atoms with E-state index in [-0.39, 0.29) is 0 Å². The van der Waals surface area contributed by atoms with Gasteiger partial charge < -0.3 is 19.7 Å². The highest BCUT2D eigenvalue weighted by atomic mass is 16.6. The number of aliphatic carboxylic acids is 1. The number of carbonyl (C=O) groups excluding carboxylic acids is 1. The van der Waals surface area contributed by atoms with Gasteiger partial charge in [-0.3, -0.25) is 9.59 Å². The van der Waals surface area contributed by atoms with Crippen molar-refractivity contribution in [3.05, 3.63) is 0 Å². The maximum Gasteiger partial charge on any atom is 0.313 e. The number of carboxylic acid groups (broad SMARTS) is 1. The predicted molar refractivity (Wildman–Crippen MR) is 39.2 cm³/mol. The highest BCUT2D eigenvalue weighted by Gasteiger charge is 2.70. The Morgan fingerprint density at radius 2 is 2.00 bits per heavy atom. The van der Waals surface area contributed by atoms with Crippen LogP contribution in [-0.4, -0.2) is 46.6 Å². The van der Waals surface area contributed by atoms with Crippen LogP contribution in [0.2, 0.25) is 0 Å². The molecule has 3 aliphatic heterocycles. The van der Waals surface area contributed by atoms with Crippen LogP contribution in [0.25, 0.3) is 0 Å². The van der Waals surface area contributed by atoms with E-state index >= 15 is 0 Å². The van der Waals surface area contributed by atoms with E-state index in [0.717, 1.165) is 0 Å². The lowest BCUT2D eigenvalue weighted by molar-refractivity contribution is -0.151. The fraction of sp³-hybridized carbons (Fsp3) is 0.750. The second-order valence-electron chi connectivity index (χ2n) is 3.85. The van der Waals surface area contributed by atoms with Gasteiger partial charge in [0.05, 0.1) is 0 Å². The number of fused-ring (bicyclic) bond motifs is 1. The fourth-order valence-corrected chi connectivity index (χ4v) is 2.64. The Balaban J connectivity index is 2.04. The molecule has 3 heterocycles. The molecule has 0 aromatic rings. The van der Waals surface area contributed by atoms with Gasteiger partial charge in [0.2, 0.25) is 0 Å². The topological polar surface area (TPSA) is 93.1 Å².